The lowest BCUT2D eigenvalue weighted by molar-refractivity contribution is -0.141. The van der Waals surface area contributed by atoms with Crippen molar-refractivity contribution >= 4 is 11.8 Å². The summed E-state index contributed by atoms with van der Waals surface area (Å²) >= 11 is 0. The monoisotopic (exact) mass is 461 g/mol. The minimum atomic E-state index is -4.44. The van der Waals surface area contributed by atoms with Crippen LogP contribution in [0.25, 0.3) is 0 Å². The van der Waals surface area contributed by atoms with Gasteiger partial charge in [-0.1, -0.05) is 12.1 Å². The molecular weight excluding hydrogens is 435 g/mol. The average Bonchev–Trinajstić information content (AvgIpc) is 3.11. The Hall–Kier alpha value is -2.64. The van der Waals surface area contributed by atoms with Gasteiger partial charge in [0, 0.05) is 25.2 Å². The van der Waals surface area contributed by atoms with Crippen molar-refractivity contribution in [1.29, 1.82) is 5.26 Å². The van der Waals surface area contributed by atoms with Gasteiger partial charge in [0.05, 0.1) is 29.8 Å². The lowest BCUT2D eigenvalue weighted by Crippen LogP contribution is -2.57. The van der Waals surface area contributed by atoms with Crippen molar-refractivity contribution in [3.63, 3.8) is 0 Å². The van der Waals surface area contributed by atoms with E-state index in [9.17, 15) is 28.0 Å². The van der Waals surface area contributed by atoms with Crippen LogP contribution in [0.15, 0.2) is 24.3 Å². The fourth-order valence-corrected chi connectivity index (χ4v) is 5.95. The van der Waals surface area contributed by atoms with Crippen LogP contribution in [-0.4, -0.2) is 69.8 Å². The van der Waals surface area contributed by atoms with E-state index in [1.807, 2.05) is 4.90 Å². The molecule has 10 heteroatoms. The second-order valence-electron chi connectivity index (χ2n) is 9.70. The van der Waals surface area contributed by atoms with E-state index in [1.165, 1.54) is 6.07 Å². The van der Waals surface area contributed by atoms with E-state index in [4.69, 9.17) is 5.73 Å². The highest BCUT2D eigenvalue weighted by Crippen LogP contribution is 2.48. The van der Waals surface area contributed by atoms with E-state index in [0.29, 0.717) is 30.9 Å². The molecule has 2 unspecified atom stereocenters. The first-order valence-corrected chi connectivity index (χ1v) is 11.3. The van der Waals surface area contributed by atoms with Crippen molar-refractivity contribution in [2.45, 2.75) is 68.6 Å². The van der Waals surface area contributed by atoms with E-state index in [2.05, 4.69) is 6.07 Å². The SMILES string of the molecule is C[C@@H](c1cccc(C(F)(F)F)c1)N1C(=O)[C@@H]2CC1CN2C[C@H](N)C(=O)N1C2C[C@H]2C[C@H]1C#N. The summed E-state index contributed by atoms with van der Waals surface area (Å²) in [6.07, 6.45) is -2.25. The van der Waals surface area contributed by atoms with Crippen LogP contribution in [0.2, 0.25) is 0 Å². The smallest absolute Gasteiger partial charge is 0.330 e. The maximum absolute atomic E-state index is 13.1. The largest absolute Gasteiger partial charge is 0.416 e. The highest BCUT2D eigenvalue weighted by Gasteiger charge is 2.56. The van der Waals surface area contributed by atoms with Crippen LogP contribution in [0.5, 0.6) is 0 Å². The Morgan fingerprint density at radius 2 is 2.06 bits per heavy atom. The van der Waals surface area contributed by atoms with Crippen molar-refractivity contribution in [3.05, 3.63) is 35.4 Å². The number of fused-ring (bicyclic) bond motifs is 3. The first kappa shape index (κ1) is 22.2. The Kier molecular flexibility index (Phi) is 5.18. The maximum atomic E-state index is 13.1. The van der Waals surface area contributed by atoms with Crippen molar-refractivity contribution in [1.82, 2.24) is 14.7 Å². The van der Waals surface area contributed by atoms with E-state index in [-0.39, 0.29) is 30.4 Å². The second kappa shape index (κ2) is 7.71. The van der Waals surface area contributed by atoms with E-state index < -0.39 is 35.9 Å². The van der Waals surface area contributed by atoms with Crippen LogP contribution in [0.4, 0.5) is 13.2 Å². The van der Waals surface area contributed by atoms with Gasteiger partial charge in [-0.2, -0.15) is 18.4 Å². The lowest BCUT2D eigenvalue weighted by Gasteiger charge is -2.38. The standard InChI is InChI=1S/C23H26F3N5O2/c1-12(13-3-2-4-15(5-13)23(24,25)26)30-17-8-20(22(30)33)29(10-17)11-18(28)21(32)31-16(9-27)6-14-7-19(14)31/h2-5,12,14,16-20H,6-8,10-11,28H2,1H3/t12-,14+,16-,17?,18-,19?,20-/m0/s1. The number of halogens is 3. The van der Waals surface area contributed by atoms with Gasteiger partial charge < -0.3 is 15.5 Å². The Labute approximate surface area is 189 Å². The molecule has 3 heterocycles. The number of benzene rings is 1. The van der Waals surface area contributed by atoms with Gasteiger partial charge >= 0.3 is 6.18 Å². The molecular formula is C23H26F3N5O2. The second-order valence-corrected chi connectivity index (χ2v) is 9.70. The first-order valence-electron chi connectivity index (χ1n) is 11.3. The molecule has 3 saturated heterocycles. The number of carbonyl (C=O) groups excluding carboxylic acids is 2. The van der Waals surface area contributed by atoms with Crippen LogP contribution in [0, 0.1) is 17.2 Å². The lowest BCUT2D eigenvalue weighted by atomic mass is 10.0. The number of piperidine rings is 1. The minimum absolute atomic E-state index is 0.119. The van der Waals surface area contributed by atoms with Gasteiger partial charge in [0.15, 0.2) is 0 Å². The zero-order chi connectivity index (χ0) is 23.7. The number of nitriles is 1. The molecule has 4 aliphatic rings. The summed E-state index contributed by atoms with van der Waals surface area (Å²) in [6.45, 7) is 2.49. The molecule has 176 valence electrons. The Morgan fingerprint density at radius 3 is 2.73 bits per heavy atom. The summed E-state index contributed by atoms with van der Waals surface area (Å²) in [7, 11) is 0. The van der Waals surface area contributed by atoms with Crippen molar-refractivity contribution in [2.75, 3.05) is 13.1 Å². The third-order valence-electron chi connectivity index (χ3n) is 7.68. The van der Waals surface area contributed by atoms with Gasteiger partial charge in [0.1, 0.15) is 6.04 Å². The number of rotatable bonds is 5. The number of nitrogens with two attached hydrogens (primary N) is 1. The summed E-state index contributed by atoms with van der Waals surface area (Å²) in [4.78, 5) is 31.3. The third kappa shape index (κ3) is 3.67. The molecule has 1 saturated carbocycles. The normalized spacial score (nSPS) is 32.6. The van der Waals surface area contributed by atoms with Crippen molar-refractivity contribution < 1.29 is 22.8 Å². The summed E-state index contributed by atoms with van der Waals surface area (Å²) in [5, 5.41) is 9.34. The van der Waals surface area contributed by atoms with Crippen LogP contribution in [0.1, 0.15) is 43.4 Å². The van der Waals surface area contributed by atoms with Gasteiger partial charge in [-0.05, 0) is 49.8 Å². The summed E-state index contributed by atoms with van der Waals surface area (Å²) in [5.41, 5.74) is 5.93. The van der Waals surface area contributed by atoms with Gasteiger partial charge in [0.25, 0.3) is 0 Å². The van der Waals surface area contributed by atoms with E-state index in [0.717, 1.165) is 18.6 Å². The molecule has 5 rings (SSSR count). The van der Waals surface area contributed by atoms with Gasteiger partial charge in [-0.25, -0.2) is 0 Å². The molecule has 4 fully saturated rings. The summed E-state index contributed by atoms with van der Waals surface area (Å²) in [6, 6.07) is 5.11. The fourth-order valence-electron chi connectivity index (χ4n) is 5.95. The summed E-state index contributed by atoms with van der Waals surface area (Å²) < 4.78 is 39.3. The average molecular weight is 461 g/mol. The molecule has 1 aliphatic carbocycles. The van der Waals surface area contributed by atoms with E-state index in [1.54, 1.807) is 22.8 Å². The predicted molar refractivity (Wildman–Crippen MR) is 111 cm³/mol. The molecule has 7 nitrogen and oxygen atoms in total. The van der Waals surface area contributed by atoms with Crippen LogP contribution in [-0.2, 0) is 15.8 Å². The van der Waals surface area contributed by atoms with Gasteiger partial charge in [-0.3, -0.25) is 14.5 Å². The number of hydrogen-bond acceptors (Lipinski definition) is 5. The zero-order valence-electron chi connectivity index (χ0n) is 18.2. The van der Waals surface area contributed by atoms with E-state index >= 15 is 0 Å². The molecule has 2 amide bonds. The van der Waals surface area contributed by atoms with Crippen LogP contribution < -0.4 is 5.73 Å². The molecule has 0 radical (unpaired) electrons. The highest BCUT2D eigenvalue weighted by molar-refractivity contribution is 5.87. The number of alkyl halides is 3. The molecule has 33 heavy (non-hydrogen) atoms. The minimum Gasteiger partial charge on any atom is -0.330 e. The third-order valence-corrected chi connectivity index (χ3v) is 7.68. The fraction of sp³-hybridized carbons (Fsp3) is 0.609. The van der Waals surface area contributed by atoms with Gasteiger partial charge in [0.2, 0.25) is 11.8 Å². The Morgan fingerprint density at radius 1 is 1.30 bits per heavy atom. The molecule has 0 spiro atoms. The highest BCUT2D eigenvalue weighted by atomic mass is 19.4. The number of likely N-dealkylation sites (tertiary alicyclic amines) is 3. The molecule has 7 atom stereocenters. The van der Waals surface area contributed by atoms with Gasteiger partial charge in [-0.15, -0.1) is 0 Å². The van der Waals surface area contributed by atoms with Crippen LogP contribution >= 0.6 is 0 Å². The number of nitrogens with zero attached hydrogens (tertiary/aromatic N) is 4. The number of piperazine rings is 1. The first-order chi connectivity index (χ1) is 15.6. The molecule has 1 aromatic carbocycles. The number of carbonyl (C=O) groups is 2. The topological polar surface area (TPSA) is 93.7 Å². The Balaban J connectivity index is 1.24. The molecule has 2 N–H and O–H groups in total. The predicted octanol–water partition coefficient (Wildman–Crippen LogP) is 1.89. The molecule has 0 aromatic heterocycles. The van der Waals surface area contributed by atoms with Crippen molar-refractivity contribution in [2.24, 2.45) is 11.7 Å². The number of hydrogen-bond donors (Lipinski definition) is 1. The van der Waals surface area contributed by atoms with Crippen LogP contribution in [0.3, 0.4) is 0 Å². The van der Waals surface area contributed by atoms with Crippen molar-refractivity contribution in [3.8, 4) is 6.07 Å². The molecule has 1 aromatic rings. The number of amides is 2. The molecule has 3 aliphatic heterocycles. The zero-order valence-corrected chi connectivity index (χ0v) is 18.2. The Bertz CT molecular complexity index is 1020. The molecule has 2 bridgehead atoms. The maximum Gasteiger partial charge on any atom is 0.416 e. The summed E-state index contributed by atoms with van der Waals surface area (Å²) in [5.74, 6) is 0.0196. The quantitative estimate of drug-likeness (QED) is 0.723.